The summed E-state index contributed by atoms with van der Waals surface area (Å²) < 4.78 is 3.25. The lowest BCUT2D eigenvalue weighted by atomic mass is 9.94. The number of rotatable bonds is 6. The number of likely N-dealkylation sites (N-methyl/N-ethyl adjacent to an activating group) is 1. The van der Waals surface area contributed by atoms with Gasteiger partial charge in [0.2, 0.25) is 5.95 Å². The SMILES string of the molecule is C=CCn1c(=O)c2cnc(Nc3ccc(N4CCN(C)CC4)cc3)nc2n1-c1ccc2c(n1)C(O)CCC2. The summed E-state index contributed by atoms with van der Waals surface area (Å²) in [6.45, 7) is 8.23. The number of fused-ring (bicyclic) bond motifs is 2. The Hall–Kier alpha value is -4.02. The lowest BCUT2D eigenvalue weighted by Gasteiger charge is -2.34. The largest absolute Gasteiger partial charge is 0.387 e. The predicted molar refractivity (Wildman–Crippen MR) is 148 cm³/mol. The molecule has 38 heavy (non-hydrogen) atoms. The number of aliphatic hydroxyl groups is 1. The van der Waals surface area contributed by atoms with E-state index in [-0.39, 0.29) is 12.1 Å². The van der Waals surface area contributed by atoms with E-state index in [0.717, 1.165) is 50.3 Å². The van der Waals surface area contributed by atoms with Crippen LogP contribution in [0.5, 0.6) is 0 Å². The van der Waals surface area contributed by atoms with E-state index in [4.69, 9.17) is 9.97 Å². The zero-order chi connectivity index (χ0) is 26.2. The molecule has 4 aromatic rings. The minimum Gasteiger partial charge on any atom is -0.387 e. The number of nitrogens with zero attached hydrogens (tertiary/aromatic N) is 7. The minimum absolute atomic E-state index is 0.219. The molecule has 1 aromatic carbocycles. The van der Waals surface area contributed by atoms with Crippen LogP contribution in [0.2, 0.25) is 0 Å². The molecular formula is C28H32N8O2. The highest BCUT2D eigenvalue weighted by molar-refractivity contribution is 5.77. The number of aliphatic hydroxyl groups excluding tert-OH is 1. The Kier molecular flexibility index (Phi) is 6.42. The quantitative estimate of drug-likeness (QED) is 0.380. The van der Waals surface area contributed by atoms with Crippen LogP contribution in [0.15, 0.2) is 60.0 Å². The summed E-state index contributed by atoms with van der Waals surface area (Å²) in [4.78, 5) is 31.9. The topological polar surface area (TPSA) is 104 Å². The maximum absolute atomic E-state index is 13.3. The van der Waals surface area contributed by atoms with E-state index in [9.17, 15) is 9.90 Å². The van der Waals surface area contributed by atoms with E-state index >= 15 is 0 Å². The van der Waals surface area contributed by atoms with Crippen molar-refractivity contribution in [2.75, 3.05) is 43.4 Å². The molecule has 1 saturated heterocycles. The van der Waals surface area contributed by atoms with Crippen molar-refractivity contribution in [1.82, 2.24) is 29.2 Å². The molecule has 1 aliphatic heterocycles. The molecule has 1 unspecified atom stereocenters. The predicted octanol–water partition coefficient (Wildman–Crippen LogP) is 3.03. The monoisotopic (exact) mass is 512 g/mol. The normalized spacial score (nSPS) is 17.9. The Morgan fingerprint density at radius 2 is 1.89 bits per heavy atom. The van der Waals surface area contributed by atoms with E-state index in [2.05, 4.69) is 45.9 Å². The number of hydrogen-bond donors (Lipinski definition) is 2. The van der Waals surface area contributed by atoms with Crippen LogP contribution in [-0.2, 0) is 13.0 Å². The number of aryl methyl sites for hydroxylation is 1. The second-order valence-electron chi connectivity index (χ2n) is 10.0. The van der Waals surface area contributed by atoms with Crippen LogP contribution in [0.3, 0.4) is 0 Å². The Bertz CT molecular complexity index is 1530. The van der Waals surface area contributed by atoms with E-state index in [0.29, 0.717) is 34.9 Å². The number of nitrogens with one attached hydrogen (secondary N) is 1. The van der Waals surface area contributed by atoms with Gasteiger partial charge in [-0.3, -0.25) is 4.79 Å². The van der Waals surface area contributed by atoms with Crippen molar-refractivity contribution in [2.45, 2.75) is 31.9 Å². The third kappa shape index (κ3) is 4.46. The van der Waals surface area contributed by atoms with E-state index in [1.54, 1.807) is 21.6 Å². The Morgan fingerprint density at radius 1 is 1.11 bits per heavy atom. The van der Waals surface area contributed by atoms with E-state index < -0.39 is 6.10 Å². The van der Waals surface area contributed by atoms with Crippen LogP contribution in [0.1, 0.15) is 30.2 Å². The molecule has 4 heterocycles. The number of hydrogen-bond acceptors (Lipinski definition) is 8. The van der Waals surface area contributed by atoms with Crippen LogP contribution in [0.25, 0.3) is 16.9 Å². The van der Waals surface area contributed by atoms with Crippen LogP contribution in [0.4, 0.5) is 17.3 Å². The molecule has 6 rings (SSSR count). The summed E-state index contributed by atoms with van der Waals surface area (Å²) in [5.41, 5.74) is 3.98. The van der Waals surface area contributed by atoms with Crippen molar-refractivity contribution in [3.63, 3.8) is 0 Å². The van der Waals surface area contributed by atoms with Crippen molar-refractivity contribution < 1.29 is 5.11 Å². The molecule has 196 valence electrons. The van der Waals surface area contributed by atoms with Crippen LogP contribution < -0.4 is 15.8 Å². The van der Waals surface area contributed by atoms with Crippen LogP contribution in [0, 0.1) is 0 Å². The van der Waals surface area contributed by atoms with Crippen molar-refractivity contribution in [3.8, 4) is 5.82 Å². The van der Waals surface area contributed by atoms with Gasteiger partial charge in [0.15, 0.2) is 11.5 Å². The van der Waals surface area contributed by atoms with E-state index in [1.165, 1.54) is 5.69 Å². The summed E-state index contributed by atoms with van der Waals surface area (Å²) in [5, 5.41) is 14.2. The standard InChI is InChI=1S/C28H32N8O2/c1-3-13-35-27(38)22-18-29-28(30-20-8-10-21(11-9-20)34-16-14-33(2)15-17-34)32-26(22)36(35)24-12-7-19-5-4-6-23(37)25(19)31-24/h3,7-12,18,23,37H,1,4-6,13-17H2,2H3,(H,29,30,32). The third-order valence-electron chi connectivity index (χ3n) is 7.42. The average Bonchev–Trinajstić information content (AvgIpc) is 3.20. The second kappa shape index (κ2) is 10.0. The molecule has 0 radical (unpaired) electrons. The second-order valence-corrected chi connectivity index (χ2v) is 10.0. The molecule has 2 aliphatic rings. The fraction of sp³-hybridized carbons (Fsp3) is 0.357. The van der Waals surface area contributed by atoms with Gasteiger partial charge in [0, 0.05) is 43.8 Å². The summed E-state index contributed by atoms with van der Waals surface area (Å²) in [6, 6.07) is 12.1. The van der Waals surface area contributed by atoms with Crippen molar-refractivity contribution >= 4 is 28.4 Å². The van der Waals surface area contributed by atoms with Gasteiger partial charge in [-0.15, -0.1) is 6.58 Å². The van der Waals surface area contributed by atoms with Gasteiger partial charge in [0.05, 0.1) is 18.3 Å². The zero-order valence-electron chi connectivity index (χ0n) is 21.5. The van der Waals surface area contributed by atoms with Crippen LogP contribution >= 0.6 is 0 Å². The first-order valence-corrected chi connectivity index (χ1v) is 13.1. The molecule has 0 amide bonds. The first kappa shape index (κ1) is 24.3. The highest BCUT2D eigenvalue weighted by Crippen LogP contribution is 2.29. The van der Waals surface area contributed by atoms with Crippen molar-refractivity contribution in [3.05, 3.63) is 76.9 Å². The molecule has 2 N–H and O–H groups in total. The summed E-state index contributed by atoms with van der Waals surface area (Å²) >= 11 is 0. The van der Waals surface area contributed by atoms with Gasteiger partial charge in [-0.25, -0.2) is 19.3 Å². The number of anilines is 3. The Morgan fingerprint density at radius 3 is 2.66 bits per heavy atom. The molecule has 3 aromatic heterocycles. The fourth-order valence-corrected chi connectivity index (χ4v) is 5.29. The third-order valence-corrected chi connectivity index (χ3v) is 7.42. The molecular weight excluding hydrogens is 480 g/mol. The fourth-order valence-electron chi connectivity index (χ4n) is 5.29. The molecule has 1 fully saturated rings. The number of benzene rings is 1. The molecule has 0 spiro atoms. The van der Waals surface area contributed by atoms with Gasteiger partial charge < -0.3 is 20.2 Å². The van der Waals surface area contributed by atoms with Gasteiger partial charge in [0.1, 0.15) is 5.39 Å². The molecule has 10 nitrogen and oxygen atoms in total. The Labute approximate surface area is 220 Å². The van der Waals surface area contributed by atoms with Gasteiger partial charge >= 0.3 is 0 Å². The molecule has 0 saturated carbocycles. The van der Waals surface area contributed by atoms with Crippen molar-refractivity contribution in [1.29, 1.82) is 0 Å². The highest BCUT2D eigenvalue weighted by Gasteiger charge is 2.23. The van der Waals surface area contributed by atoms with Gasteiger partial charge in [0.25, 0.3) is 5.56 Å². The first-order valence-electron chi connectivity index (χ1n) is 13.1. The summed E-state index contributed by atoms with van der Waals surface area (Å²) in [7, 11) is 2.15. The lowest BCUT2D eigenvalue weighted by Crippen LogP contribution is -2.44. The van der Waals surface area contributed by atoms with Crippen molar-refractivity contribution in [2.24, 2.45) is 0 Å². The molecule has 1 aliphatic carbocycles. The smallest absolute Gasteiger partial charge is 0.278 e. The molecule has 0 bridgehead atoms. The number of piperazine rings is 1. The highest BCUT2D eigenvalue weighted by atomic mass is 16.3. The van der Waals surface area contributed by atoms with E-state index in [1.807, 2.05) is 24.3 Å². The zero-order valence-corrected chi connectivity index (χ0v) is 21.5. The van der Waals surface area contributed by atoms with Gasteiger partial charge in [-0.2, -0.15) is 4.98 Å². The maximum Gasteiger partial charge on any atom is 0.278 e. The lowest BCUT2D eigenvalue weighted by molar-refractivity contribution is 0.151. The van der Waals surface area contributed by atoms with Gasteiger partial charge in [-0.05, 0) is 62.2 Å². The minimum atomic E-state index is -0.610. The Balaban J connectivity index is 1.35. The average molecular weight is 513 g/mol. The maximum atomic E-state index is 13.3. The molecule has 1 atom stereocenters. The van der Waals surface area contributed by atoms with Gasteiger partial charge in [-0.1, -0.05) is 12.1 Å². The summed E-state index contributed by atoms with van der Waals surface area (Å²) in [6.07, 6.45) is 5.10. The number of aromatic nitrogens is 5. The number of allylic oxidation sites excluding steroid dienone is 1. The van der Waals surface area contributed by atoms with Crippen LogP contribution in [-0.4, -0.2) is 67.5 Å². The number of pyridine rings is 1. The first-order chi connectivity index (χ1) is 18.5. The molecule has 10 heteroatoms. The summed E-state index contributed by atoms with van der Waals surface area (Å²) in [5.74, 6) is 0.909.